The van der Waals surface area contributed by atoms with Crippen LogP contribution in [0.2, 0.25) is 0 Å². The molecule has 0 atom stereocenters. The van der Waals surface area contributed by atoms with Gasteiger partial charge in [0.05, 0.1) is 4.88 Å². The van der Waals surface area contributed by atoms with Crippen LogP contribution in [0.4, 0.5) is 0 Å². The number of carbonyl (C=O) groups excluding carboxylic acids is 1. The lowest BCUT2D eigenvalue weighted by molar-refractivity contribution is 0.0958. The summed E-state index contributed by atoms with van der Waals surface area (Å²) >= 11 is 3.19. The first-order valence-electron chi connectivity index (χ1n) is 5.22. The summed E-state index contributed by atoms with van der Waals surface area (Å²) in [5.41, 5.74) is 1.14. The zero-order valence-corrected chi connectivity index (χ0v) is 10.7. The second-order valence-electron chi connectivity index (χ2n) is 3.43. The fourth-order valence-corrected chi connectivity index (χ4v) is 2.97. The maximum Gasteiger partial charge on any atom is 0.261 e. The number of hydrogen-bond donors (Lipinski definition) is 1. The number of amides is 1. The highest BCUT2D eigenvalue weighted by Gasteiger charge is 2.09. The zero-order chi connectivity index (χ0) is 11.4. The van der Waals surface area contributed by atoms with Crippen molar-refractivity contribution in [2.45, 2.75) is 13.3 Å². The molecule has 2 nitrogen and oxygen atoms in total. The normalized spacial score (nSPS) is 10.3. The first kappa shape index (κ1) is 11.4. The van der Waals surface area contributed by atoms with Crippen LogP contribution >= 0.6 is 22.7 Å². The Hall–Kier alpha value is -1.13. The van der Waals surface area contributed by atoms with E-state index >= 15 is 0 Å². The molecule has 0 aliphatic heterocycles. The molecule has 0 radical (unpaired) electrons. The average molecular weight is 251 g/mol. The second-order valence-corrected chi connectivity index (χ2v) is 5.29. The van der Waals surface area contributed by atoms with Gasteiger partial charge in [0.1, 0.15) is 0 Å². The van der Waals surface area contributed by atoms with Gasteiger partial charge < -0.3 is 5.32 Å². The van der Waals surface area contributed by atoms with Crippen molar-refractivity contribution in [3.63, 3.8) is 0 Å². The lowest BCUT2D eigenvalue weighted by Crippen LogP contribution is -2.22. The fraction of sp³-hybridized carbons (Fsp3) is 0.250. The molecule has 1 amide bonds. The van der Waals surface area contributed by atoms with Crippen LogP contribution in [-0.2, 0) is 0 Å². The molecule has 16 heavy (non-hydrogen) atoms. The standard InChI is InChI=1S/C12H13NOS2/c1-2-5-13-12(14)11-7-9(8-16-11)10-4-3-6-15-10/h3-4,6-8H,2,5H2,1H3,(H,13,14). The van der Waals surface area contributed by atoms with E-state index in [1.165, 1.54) is 16.2 Å². The van der Waals surface area contributed by atoms with E-state index in [1.54, 1.807) is 11.3 Å². The molecule has 2 heterocycles. The highest BCUT2D eigenvalue weighted by Crippen LogP contribution is 2.29. The van der Waals surface area contributed by atoms with Gasteiger partial charge >= 0.3 is 0 Å². The molecule has 0 spiro atoms. The minimum Gasteiger partial charge on any atom is -0.351 e. The summed E-state index contributed by atoms with van der Waals surface area (Å²) in [7, 11) is 0. The smallest absolute Gasteiger partial charge is 0.261 e. The molecular weight excluding hydrogens is 238 g/mol. The van der Waals surface area contributed by atoms with Crippen LogP contribution in [0.25, 0.3) is 10.4 Å². The molecule has 0 saturated heterocycles. The molecule has 2 rings (SSSR count). The quantitative estimate of drug-likeness (QED) is 0.883. The van der Waals surface area contributed by atoms with Crippen LogP contribution < -0.4 is 5.32 Å². The molecule has 1 N–H and O–H groups in total. The highest BCUT2D eigenvalue weighted by atomic mass is 32.1. The van der Waals surface area contributed by atoms with Gasteiger partial charge in [0.2, 0.25) is 0 Å². The van der Waals surface area contributed by atoms with Crippen LogP contribution in [0.15, 0.2) is 29.0 Å². The Balaban J connectivity index is 2.11. The van der Waals surface area contributed by atoms with Crippen LogP contribution in [0, 0.1) is 0 Å². The summed E-state index contributed by atoms with van der Waals surface area (Å²) in [6.45, 7) is 2.79. The molecule has 2 aromatic rings. The van der Waals surface area contributed by atoms with E-state index in [1.807, 2.05) is 29.8 Å². The molecule has 84 valence electrons. The van der Waals surface area contributed by atoms with Crippen molar-refractivity contribution in [1.29, 1.82) is 0 Å². The van der Waals surface area contributed by atoms with E-state index in [0.29, 0.717) is 0 Å². The Kier molecular flexibility index (Phi) is 3.74. The maximum absolute atomic E-state index is 11.7. The van der Waals surface area contributed by atoms with Crippen molar-refractivity contribution >= 4 is 28.6 Å². The Labute approximate surface area is 103 Å². The fourth-order valence-electron chi connectivity index (χ4n) is 1.35. The van der Waals surface area contributed by atoms with Crippen molar-refractivity contribution in [2.75, 3.05) is 6.54 Å². The van der Waals surface area contributed by atoms with E-state index in [9.17, 15) is 4.79 Å². The molecule has 0 fully saturated rings. The Morgan fingerprint density at radius 3 is 3.00 bits per heavy atom. The average Bonchev–Trinajstić information content (AvgIpc) is 2.94. The third-order valence-electron chi connectivity index (χ3n) is 2.16. The van der Waals surface area contributed by atoms with Gasteiger partial charge in [-0.05, 0) is 23.9 Å². The van der Waals surface area contributed by atoms with Crippen LogP contribution in [0.1, 0.15) is 23.0 Å². The van der Waals surface area contributed by atoms with Crippen molar-refractivity contribution in [2.24, 2.45) is 0 Å². The van der Waals surface area contributed by atoms with E-state index in [-0.39, 0.29) is 5.91 Å². The van der Waals surface area contributed by atoms with Gasteiger partial charge in [-0.3, -0.25) is 4.79 Å². The van der Waals surface area contributed by atoms with Crippen LogP contribution in [-0.4, -0.2) is 12.5 Å². The third kappa shape index (κ3) is 2.51. The van der Waals surface area contributed by atoms with Crippen molar-refractivity contribution in [1.82, 2.24) is 5.32 Å². The van der Waals surface area contributed by atoms with Crippen LogP contribution in [0.3, 0.4) is 0 Å². The zero-order valence-electron chi connectivity index (χ0n) is 9.03. The number of nitrogens with one attached hydrogen (secondary N) is 1. The van der Waals surface area contributed by atoms with E-state index in [0.717, 1.165) is 23.4 Å². The summed E-state index contributed by atoms with van der Waals surface area (Å²) in [4.78, 5) is 13.7. The van der Waals surface area contributed by atoms with E-state index < -0.39 is 0 Å². The minimum atomic E-state index is 0.0367. The molecule has 0 saturated carbocycles. The van der Waals surface area contributed by atoms with Gasteiger partial charge in [-0.2, -0.15) is 0 Å². The van der Waals surface area contributed by atoms with Gasteiger partial charge in [-0.1, -0.05) is 13.0 Å². The van der Waals surface area contributed by atoms with Crippen molar-refractivity contribution in [3.8, 4) is 10.4 Å². The predicted molar refractivity (Wildman–Crippen MR) is 70.3 cm³/mol. The van der Waals surface area contributed by atoms with Gasteiger partial charge in [0.15, 0.2) is 0 Å². The minimum absolute atomic E-state index is 0.0367. The number of hydrogen-bond acceptors (Lipinski definition) is 3. The molecule has 0 aliphatic rings. The van der Waals surface area contributed by atoms with Crippen molar-refractivity contribution < 1.29 is 4.79 Å². The largest absolute Gasteiger partial charge is 0.351 e. The summed E-state index contributed by atoms with van der Waals surface area (Å²) in [5.74, 6) is 0.0367. The van der Waals surface area contributed by atoms with Gasteiger partial charge in [0.25, 0.3) is 5.91 Å². The maximum atomic E-state index is 11.7. The Bertz CT molecular complexity index is 459. The number of rotatable bonds is 4. The predicted octanol–water partition coefficient (Wildman–Crippen LogP) is 3.62. The monoisotopic (exact) mass is 251 g/mol. The van der Waals surface area contributed by atoms with Gasteiger partial charge in [-0.25, -0.2) is 0 Å². The van der Waals surface area contributed by atoms with Gasteiger partial charge in [0, 0.05) is 22.4 Å². The molecule has 0 bridgehead atoms. The Morgan fingerprint density at radius 2 is 2.31 bits per heavy atom. The Morgan fingerprint density at radius 1 is 1.44 bits per heavy atom. The second kappa shape index (κ2) is 5.27. The third-order valence-corrected chi connectivity index (χ3v) is 4.01. The summed E-state index contributed by atoms with van der Waals surface area (Å²) in [6, 6.07) is 6.05. The summed E-state index contributed by atoms with van der Waals surface area (Å²) in [5, 5.41) is 6.96. The molecule has 0 unspecified atom stereocenters. The van der Waals surface area contributed by atoms with E-state index in [2.05, 4.69) is 11.4 Å². The SMILES string of the molecule is CCCNC(=O)c1cc(-c2cccs2)cs1. The van der Waals surface area contributed by atoms with Crippen LogP contribution in [0.5, 0.6) is 0 Å². The molecule has 0 aromatic carbocycles. The first-order chi connectivity index (χ1) is 7.81. The molecule has 2 aromatic heterocycles. The highest BCUT2D eigenvalue weighted by molar-refractivity contribution is 7.15. The lowest BCUT2D eigenvalue weighted by Gasteiger charge is -1.99. The number of carbonyl (C=O) groups is 1. The van der Waals surface area contributed by atoms with Gasteiger partial charge in [-0.15, -0.1) is 22.7 Å². The molecule has 4 heteroatoms. The topological polar surface area (TPSA) is 29.1 Å². The lowest BCUT2D eigenvalue weighted by atomic mass is 10.2. The number of thiophene rings is 2. The molecule has 0 aliphatic carbocycles. The summed E-state index contributed by atoms with van der Waals surface area (Å²) < 4.78 is 0. The first-order valence-corrected chi connectivity index (χ1v) is 6.98. The summed E-state index contributed by atoms with van der Waals surface area (Å²) in [6.07, 6.45) is 0.967. The van der Waals surface area contributed by atoms with Crippen molar-refractivity contribution in [3.05, 3.63) is 33.8 Å². The molecular formula is C12H13NOS2. The van der Waals surface area contributed by atoms with E-state index in [4.69, 9.17) is 0 Å².